The fourth-order valence-corrected chi connectivity index (χ4v) is 3.38. The summed E-state index contributed by atoms with van der Waals surface area (Å²) in [6, 6.07) is 8.43. The molecule has 1 aromatic carbocycles. The van der Waals surface area contributed by atoms with Crippen LogP contribution in [-0.2, 0) is 9.53 Å². The molecule has 0 spiro atoms. The van der Waals surface area contributed by atoms with Gasteiger partial charge in [0.1, 0.15) is 11.3 Å². The van der Waals surface area contributed by atoms with Gasteiger partial charge in [-0.3, -0.25) is 0 Å². The second-order valence-corrected chi connectivity index (χ2v) is 6.87. The molecular weight excluding hydrogens is 340 g/mol. The SMILES string of the molecule is COC(=O)C1=C(O)C(=Cc2cc(C)n(-c3ccc(C)c(C)c3)c2C)N=C1C. The van der Waals surface area contributed by atoms with Crippen LogP contribution >= 0.6 is 0 Å². The van der Waals surface area contributed by atoms with Gasteiger partial charge in [0.05, 0.1) is 12.8 Å². The Labute approximate surface area is 159 Å². The monoisotopic (exact) mass is 364 g/mol. The Bertz CT molecular complexity index is 1040. The second-order valence-electron chi connectivity index (χ2n) is 6.87. The van der Waals surface area contributed by atoms with Gasteiger partial charge < -0.3 is 14.4 Å². The number of rotatable bonds is 3. The highest BCUT2D eigenvalue weighted by Crippen LogP contribution is 2.29. The average molecular weight is 364 g/mol. The van der Waals surface area contributed by atoms with Crippen LogP contribution in [0.4, 0.5) is 0 Å². The molecule has 3 rings (SSSR count). The minimum Gasteiger partial charge on any atom is -0.505 e. The first-order chi connectivity index (χ1) is 12.7. The number of carbonyl (C=O) groups excluding carboxylic acids is 1. The fraction of sp³-hybridized carbons (Fsp3) is 0.273. The highest BCUT2D eigenvalue weighted by Gasteiger charge is 2.27. The molecule has 0 saturated heterocycles. The first-order valence-corrected chi connectivity index (χ1v) is 8.80. The largest absolute Gasteiger partial charge is 0.505 e. The van der Waals surface area contributed by atoms with E-state index in [4.69, 9.17) is 4.74 Å². The minimum atomic E-state index is -0.585. The van der Waals surface area contributed by atoms with Crippen molar-refractivity contribution in [1.29, 1.82) is 0 Å². The van der Waals surface area contributed by atoms with Crippen LogP contribution in [0, 0.1) is 27.7 Å². The van der Waals surface area contributed by atoms with E-state index in [2.05, 4.69) is 41.6 Å². The Kier molecular flexibility index (Phi) is 4.79. The van der Waals surface area contributed by atoms with E-state index in [0.717, 1.165) is 22.6 Å². The Morgan fingerprint density at radius 1 is 1.11 bits per heavy atom. The van der Waals surface area contributed by atoms with Gasteiger partial charge in [-0.05, 0) is 75.6 Å². The number of aliphatic hydroxyl groups is 1. The summed E-state index contributed by atoms with van der Waals surface area (Å²) in [5, 5.41) is 10.4. The van der Waals surface area contributed by atoms with Gasteiger partial charge in [-0.15, -0.1) is 0 Å². The summed E-state index contributed by atoms with van der Waals surface area (Å²) in [6.45, 7) is 9.95. The van der Waals surface area contributed by atoms with E-state index in [-0.39, 0.29) is 11.3 Å². The lowest BCUT2D eigenvalue weighted by Crippen LogP contribution is -2.11. The number of aryl methyl sites for hydroxylation is 3. The molecule has 0 fully saturated rings. The number of nitrogens with zero attached hydrogens (tertiary/aromatic N) is 2. The molecule has 1 aromatic heterocycles. The van der Waals surface area contributed by atoms with Gasteiger partial charge in [0.2, 0.25) is 0 Å². The Hall–Kier alpha value is -3.08. The molecule has 0 aliphatic carbocycles. The average Bonchev–Trinajstić information content (AvgIpc) is 3.05. The van der Waals surface area contributed by atoms with Crippen molar-refractivity contribution in [2.75, 3.05) is 7.11 Å². The highest BCUT2D eigenvalue weighted by atomic mass is 16.5. The quantitative estimate of drug-likeness (QED) is 0.815. The molecule has 5 nitrogen and oxygen atoms in total. The van der Waals surface area contributed by atoms with Crippen molar-refractivity contribution in [3.63, 3.8) is 0 Å². The maximum absolute atomic E-state index is 11.9. The molecule has 0 atom stereocenters. The van der Waals surface area contributed by atoms with E-state index in [1.165, 1.54) is 18.2 Å². The van der Waals surface area contributed by atoms with Crippen LogP contribution < -0.4 is 0 Å². The Balaban J connectivity index is 2.08. The van der Waals surface area contributed by atoms with Gasteiger partial charge in [0, 0.05) is 17.1 Å². The summed E-state index contributed by atoms with van der Waals surface area (Å²) < 4.78 is 6.90. The number of aliphatic imine (C=N–C) groups is 1. The van der Waals surface area contributed by atoms with Crippen molar-refractivity contribution < 1.29 is 14.6 Å². The molecule has 140 valence electrons. The Morgan fingerprint density at radius 3 is 2.44 bits per heavy atom. The van der Waals surface area contributed by atoms with Crippen molar-refractivity contribution in [2.45, 2.75) is 34.6 Å². The summed E-state index contributed by atoms with van der Waals surface area (Å²) in [5.74, 6) is -0.729. The summed E-state index contributed by atoms with van der Waals surface area (Å²) in [4.78, 5) is 16.2. The van der Waals surface area contributed by atoms with E-state index < -0.39 is 5.97 Å². The van der Waals surface area contributed by atoms with Crippen LogP contribution in [0.15, 0.2) is 46.3 Å². The Morgan fingerprint density at radius 2 is 1.81 bits per heavy atom. The summed E-state index contributed by atoms with van der Waals surface area (Å²) in [7, 11) is 1.29. The standard InChI is InChI=1S/C22H24N2O3/c1-12-7-8-18(9-13(12)2)24-14(3)10-17(16(24)5)11-19-21(25)20(15(4)23-19)22(26)27-6/h7-11,25H,1-6H3. The van der Waals surface area contributed by atoms with Crippen LogP contribution in [0.2, 0.25) is 0 Å². The molecule has 2 heterocycles. The summed E-state index contributed by atoms with van der Waals surface area (Å²) in [5.41, 5.74) is 7.58. The number of ether oxygens (including phenoxy) is 1. The van der Waals surface area contributed by atoms with Crippen LogP contribution in [-0.4, -0.2) is 28.5 Å². The van der Waals surface area contributed by atoms with Crippen molar-refractivity contribution in [3.8, 4) is 5.69 Å². The number of methoxy groups -OCH3 is 1. The zero-order valence-electron chi connectivity index (χ0n) is 16.5. The lowest BCUT2D eigenvalue weighted by Gasteiger charge is -2.12. The zero-order chi connectivity index (χ0) is 19.9. The number of aromatic nitrogens is 1. The molecule has 1 aliphatic heterocycles. The lowest BCUT2D eigenvalue weighted by molar-refractivity contribution is -0.135. The molecule has 27 heavy (non-hydrogen) atoms. The molecule has 0 bridgehead atoms. The number of aliphatic hydroxyl groups excluding tert-OH is 1. The third kappa shape index (κ3) is 3.21. The molecule has 0 amide bonds. The molecule has 1 aliphatic rings. The molecule has 2 aromatic rings. The van der Waals surface area contributed by atoms with Crippen molar-refractivity contribution in [1.82, 2.24) is 4.57 Å². The van der Waals surface area contributed by atoms with Crippen LogP contribution in [0.3, 0.4) is 0 Å². The van der Waals surface area contributed by atoms with Gasteiger partial charge in [-0.2, -0.15) is 0 Å². The number of benzene rings is 1. The van der Waals surface area contributed by atoms with E-state index in [9.17, 15) is 9.90 Å². The van der Waals surface area contributed by atoms with Gasteiger partial charge in [-0.25, -0.2) is 9.79 Å². The van der Waals surface area contributed by atoms with E-state index in [0.29, 0.717) is 11.4 Å². The number of hydrogen-bond acceptors (Lipinski definition) is 4. The molecule has 1 N–H and O–H groups in total. The molecule has 5 heteroatoms. The van der Waals surface area contributed by atoms with Gasteiger partial charge in [0.15, 0.2) is 5.76 Å². The predicted octanol–water partition coefficient (Wildman–Crippen LogP) is 4.51. The fourth-order valence-electron chi connectivity index (χ4n) is 3.38. The smallest absolute Gasteiger partial charge is 0.343 e. The first kappa shape index (κ1) is 18.7. The van der Waals surface area contributed by atoms with Gasteiger partial charge in [0.25, 0.3) is 0 Å². The van der Waals surface area contributed by atoms with Crippen LogP contribution in [0.5, 0.6) is 0 Å². The number of carbonyl (C=O) groups is 1. The van der Waals surface area contributed by atoms with Gasteiger partial charge >= 0.3 is 5.97 Å². The lowest BCUT2D eigenvalue weighted by atomic mass is 10.1. The summed E-state index contributed by atoms with van der Waals surface area (Å²) in [6.07, 6.45) is 1.80. The van der Waals surface area contributed by atoms with E-state index in [1.54, 1.807) is 13.0 Å². The molecule has 0 saturated carbocycles. The maximum atomic E-state index is 11.9. The summed E-state index contributed by atoms with van der Waals surface area (Å²) >= 11 is 0. The maximum Gasteiger partial charge on any atom is 0.343 e. The first-order valence-electron chi connectivity index (χ1n) is 8.80. The van der Waals surface area contributed by atoms with Crippen LogP contribution in [0.25, 0.3) is 11.8 Å². The normalized spacial score (nSPS) is 15.5. The molecule has 0 unspecified atom stereocenters. The van der Waals surface area contributed by atoms with Crippen LogP contribution in [0.1, 0.15) is 35.0 Å². The van der Waals surface area contributed by atoms with Gasteiger partial charge in [-0.1, -0.05) is 6.07 Å². The molecule has 0 radical (unpaired) electrons. The molecular formula is C22H24N2O3. The minimum absolute atomic E-state index is 0.117. The van der Waals surface area contributed by atoms with E-state index in [1.807, 2.05) is 19.9 Å². The van der Waals surface area contributed by atoms with E-state index >= 15 is 0 Å². The third-order valence-corrected chi connectivity index (χ3v) is 5.03. The second kappa shape index (κ2) is 6.91. The third-order valence-electron chi connectivity index (χ3n) is 5.03. The highest BCUT2D eigenvalue weighted by molar-refractivity contribution is 6.22. The van der Waals surface area contributed by atoms with Crippen molar-refractivity contribution in [3.05, 3.63) is 69.4 Å². The number of hydrogen-bond donors (Lipinski definition) is 1. The number of esters is 1. The zero-order valence-corrected chi connectivity index (χ0v) is 16.5. The predicted molar refractivity (Wildman–Crippen MR) is 107 cm³/mol. The van der Waals surface area contributed by atoms with Crippen molar-refractivity contribution >= 4 is 17.8 Å². The van der Waals surface area contributed by atoms with Crippen molar-refractivity contribution in [2.24, 2.45) is 4.99 Å². The topological polar surface area (TPSA) is 63.8 Å².